The molecule has 0 aliphatic carbocycles. The van der Waals surface area contributed by atoms with Gasteiger partial charge in [0.25, 0.3) is 0 Å². The van der Waals surface area contributed by atoms with Crippen molar-refractivity contribution in [2.45, 2.75) is 18.2 Å². The van der Waals surface area contributed by atoms with Crippen LogP contribution in [0, 0.1) is 6.92 Å². The quantitative estimate of drug-likeness (QED) is 0.741. The van der Waals surface area contributed by atoms with E-state index in [0.29, 0.717) is 4.83 Å². The van der Waals surface area contributed by atoms with Crippen LogP contribution < -0.4 is 4.74 Å². The number of rotatable bonds is 4. The van der Waals surface area contributed by atoms with Crippen molar-refractivity contribution in [1.29, 1.82) is 0 Å². The van der Waals surface area contributed by atoms with Gasteiger partial charge in [0.1, 0.15) is 5.75 Å². The first-order valence-electron chi connectivity index (χ1n) is 5.51. The predicted octanol–water partition coefficient (Wildman–Crippen LogP) is 4.74. The predicted molar refractivity (Wildman–Crippen MR) is 77.4 cm³/mol. The molecule has 17 heavy (non-hydrogen) atoms. The summed E-state index contributed by atoms with van der Waals surface area (Å²) < 4.78 is 5.35. The van der Waals surface area contributed by atoms with Gasteiger partial charge in [-0.2, -0.15) is 0 Å². The van der Waals surface area contributed by atoms with Gasteiger partial charge in [-0.3, -0.25) is 0 Å². The van der Waals surface area contributed by atoms with Gasteiger partial charge in [0.05, 0.1) is 7.11 Å². The highest BCUT2D eigenvalue weighted by atomic mass is 79.9. The lowest BCUT2D eigenvalue weighted by Crippen LogP contribution is -1.96. The molecule has 0 spiro atoms. The average molecular weight is 311 g/mol. The minimum atomic E-state index is 0.343. The highest BCUT2D eigenvalue weighted by Gasteiger charge is 2.11. The number of ether oxygens (including phenoxy) is 1. The molecular weight excluding hydrogens is 296 g/mol. The first-order valence-corrected chi connectivity index (χ1v) is 7.31. The van der Waals surface area contributed by atoms with E-state index in [1.54, 1.807) is 18.4 Å². The fourth-order valence-corrected chi connectivity index (χ4v) is 3.35. The summed E-state index contributed by atoms with van der Waals surface area (Å²) in [5, 5.41) is 2.12. The van der Waals surface area contributed by atoms with Crippen molar-refractivity contribution in [3.05, 3.63) is 51.7 Å². The standard InChI is InChI=1S/C14H15BrOS/c1-10-5-6-11(8-14(10)16-2)13(15)9-12-4-3-7-17-12/h3-8,13H,9H2,1-2H3. The number of benzene rings is 1. The van der Waals surface area contributed by atoms with Crippen LogP contribution in [-0.4, -0.2) is 7.11 Å². The van der Waals surface area contributed by atoms with Crippen LogP contribution in [0.3, 0.4) is 0 Å². The van der Waals surface area contributed by atoms with Gasteiger partial charge in [0.2, 0.25) is 0 Å². The van der Waals surface area contributed by atoms with E-state index in [9.17, 15) is 0 Å². The molecule has 0 aliphatic heterocycles. The molecule has 0 saturated heterocycles. The monoisotopic (exact) mass is 310 g/mol. The summed E-state index contributed by atoms with van der Waals surface area (Å²) in [6, 6.07) is 10.6. The number of alkyl halides is 1. The van der Waals surface area contributed by atoms with Crippen molar-refractivity contribution in [2.75, 3.05) is 7.11 Å². The zero-order valence-corrected chi connectivity index (χ0v) is 12.3. The molecule has 1 aromatic carbocycles. The molecule has 2 aromatic rings. The number of thiophene rings is 1. The van der Waals surface area contributed by atoms with Crippen molar-refractivity contribution in [2.24, 2.45) is 0 Å². The number of hydrogen-bond acceptors (Lipinski definition) is 2. The van der Waals surface area contributed by atoms with Gasteiger partial charge >= 0.3 is 0 Å². The molecule has 1 unspecified atom stereocenters. The Kier molecular flexibility index (Phi) is 4.24. The Bertz CT molecular complexity index is 479. The normalized spacial score (nSPS) is 12.4. The van der Waals surface area contributed by atoms with E-state index >= 15 is 0 Å². The zero-order chi connectivity index (χ0) is 12.3. The third-order valence-corrected chi connectivity index (χ3v) is 4.51. The van der Waals surface area contributed by atoms with Gasteiger partial charge in [-0.15, -0.1) is 11.3 Å². The van der Waals surface area contributed by atoms with Crippen LogP contribution in [-0.2, 0) is 6.42 Å². The molecule has 1 heterocycles. The molecule has 90 valence electrons. The molecule has 0 fully saturated rings. The SMILES string of the molecule is COc1cc(C(Br)Cc2cccs2)ccc1C. The van der Waals surface area contributed by atoms with E-state index in [-0.39, 0.29) is 0 Å². The van der Waals surface area contributed by atoms with E-state index in [4.69, 9.17) is 4.74 Å². The maximum Gasteiger partial charge on any atom is 0.122 e. The van der Waals surface area contributed by atoms with E-state index in [1.807, 2.05) is 0 Å². The Balaban J connectivity index is 2.16. The summed E-state index contributed by atoms with van der Waals surface area (Å²) in [4.78, 5) is 1.74. The van der Waals surface area contributed by atoms with Crippen molar-refractivity contribution in [3.8, 4) is 5.75 Å². The summed E-state index contributed by atoms with van der Waals surface area (Å²) in [5.41, 5.74) is 2.44. The molecule has 0 saturated carbocycles. The maximum atomic E-state index is 5.35. The Morgan fingerprint density at radius 1 is 1.35 bits per heavy atom. The smallest absolute Gasteiger partial charge is 0.122 e. The van der Waals surface area contributed by atoms with Crippen LogP contribution in [0.1, 0.15) is 20.8 Å². The summed E-state index contributed by atoms with van der Waals surface area (Å²) in [6.45, 7) is 2.06. The van der Waals surface area contributed by atoms with Crippen molar-refractivity contribution >= 4 is 27.3 Å². The van der Waals surface area contributed by atoms with Gasteiger partial charge in [-0.1, -0.05) is 34.1 Å². The van der Waals surface area contributed by atoms with Crippen molar-refractivity contribution in [3.63, 3.8) is 0 Å². The topological polar surface area (TPSA) is 9.23 Å². The van der Waals surface area contributed by atoms with Crippen molar-refractivity contribution < 1.29 is 4.74 Å². The Morgan fingerprint density at radius 2 is 2.18 bits per heavy atom. The lowest BCUT2D eigenvalue weighted by Gasteiger charge is -2.12. The van der Waals surface area contributed by atoms with Crippen molar-refractivity contribution in [1.82, 2.24) is 0 Å². The number of aryl methyl sites for hydroxylation is 1. The van der Waals surface area contributed by atoms with E-state index in [1.165, 1.54) is 16.0 Å². The summed E-state index contributed by atoms with van der Waals surface area (Å²) in [6.07, 6.45) is 1.02. The second-order valence-electron chi connectivity index (χ2n) is 3.98. The second kappa shape index (κ2) is 5.69. The lowest BCUT2D eigenvalue weighted by atomic mass is 10.1. The molecule has 2 rings (SSSR count). The maximum absolute atomic E-state index is 5.35. The van der Waals surface area contributed by atoms with E-state index in [0.717, 1.165) is 12.2 Å². The number of halogens is 1. The second-order valence-corrected chi connectivity index (χ2v) is 6.12. The minimum absolute atomic E-state index is 0.343. The van der Waals surface area contributed by atoms with E-state index in [2.05, 4.69) is 58.6 Å². The third-order valence-electron chi connectivity index (χ3n) is 2.75. The first-order chi connectivity index (χ1) is 8.20. The third kappa shape index (κ3) is 3.11. The van der Waals surface area contributed by atoms with Gasteiger partial charge in [0.15, 0.2) is 0 Å². The molecule has 1 aromatic heterocycles. The molecule has 0 radical (unpaired) electrons. The molecule has 0 bridgehead atoms. The van der Waals surface area contributed by atoms with Gasteiger partial charge in [-0.25, -0.2) is 0 Å². The van der Waals surface area contributed by atoms with Crippen LogP contribution in [0.25, 0.3) is 0 Å². The number of methoxy groups -OCH3 is 1. The van der Waals surface area contributed by atoms with Crippen LogP contribution >= 0.6 is 27.3 Å². The molecule has 3 heteroatoms. The van der Waals surface area contributed by atoms with Crippen LogP contribution in [0.15, 0.2) is 35.7 Å². The molecule has 0 N–H and O–H groups in total. The minimum Gasteiger partial charge on any atom is -0.496 e. The molecule has 0 aliphatic rings. The first kappa shape index (κ1) is 12.7. The van der Waals surface area contributed by atoms with Crippen LogP contribution in [0.2, 0.25) is 0 Å². The summed E-state index contributed by atoms with van der Waals surface area (Å²) in [7, 11) is 1.72. The fraction of sp³-hybridized carbons (Fsp3) is 0.286. The van der Waals surface area contributed by atoms with Gasteiger partial charge in [0, 0.05) is 9.70 Å². The Labute approximate surface area is 115 Å². The summed E-state index contributed by atoms with van der Waals surface area (Å²) >= 11 is 5.54. The molecule has 1 atom stereocenters. The molecule has 0 amide bonds. The largest absolute Gasteiger partial charge is 0.496 e. The average Bonchev–Trinajstić information content (AvgIpc) is 2.82. The zero-order valence-electron chi connectivity index (χ0n) is 9.94. The van der Waals surface area contributed by atoms with Gasteiger partial charge < -0.3 is 4.74 Å². The summed E-state index contributed by atoms with van der Waals surface area (Å²) in [5.74, 6) is 0.957. The Hall–Kier alpha value is -0.800. The highest BCUT2D eigenvalue weighted by molar-refractivity contribution is 9.09. The lowest BCUT2D eigenvalue weighted by molar-refractivity contribution is 0.411. The highest BCUT2D eigenvalue weighted by Crippen LogP contribution is 2.31. The van der Waals surface area contributed by atoms with Crippen LogP contribution in [0.4, 0.5) is 0 Å². The fourth-order valence-electron chi connectivity index (χ4n) is 1.75. The molecule has 1 nitrogen and oxygen atoms in total. The van der Waals surface area contributed by atoms with E-state index < -0.39 is 0 Å². The van der Waals surface area contributed by atoms with Crippen LogP contribution in [0.5, 0.6) is 5.75 Å². The van der Waals surface area contributed by atoms with Gasteiger partial charge in [-0.05, 0) is 42.0 Å². The molecular formula is C14H15BrOS. The Morgan fingerprint density at radius 3 is 2.82 bits per heavy atom. The number of hydrogen-bond donors (Lipinski definition) is 0.